The quantitative estimate of drug-likeness (QED) is 0.799. The van der Waals surface area contributed by atoms with Gasteiger partial charge in [-0.3, -0.25) is 9.69 Å². The van der Waals surface area contributed by atoms with Gasteiger partial charge in [0, 0.05) is 31.9 Å². The largest absolute Gasteiger partial charge is 0.379 e. The van der Waals surface area contributed by atoms with Crippen molar-refractivity contribution in [3.63, 3.8) is 0 Å². The molecular formula is C20H26N4O2. The summed E-state index contributed by atoms with van der Waals surface area (Å²) in [6.07, 6.45) is 2.71. The van der Waals surface area contributed by atoms with Gasteiger partial charge in [-0.25, -0.2) is 4.98 Å². The number of carbonyl (C=O) groups is 1. The van der Waals surface area contributed by atoms with Crippen LogP contribution in [0.25, 0.3) is 0 Å². The van der Waals surface area contributed by atoms with Crippen molar-refractivity contribution in [2.24, 2.45) is 0 Å². The lowest BCUT2D eigenvalue weighted by molar-refractivity contribution is 0.0383. The number of hydrogen-bond donors (Lipinski definition) is 2. The molecule has 138 valence electrons. The lowest BCUT2D eigenvalue weighted by Gasteiger charge is -2.26. The van der Waals surface area contributed by atoms with Crippen LogP contribution in [0.3, 0.4) is 0 Å². The van der Waals surface area contributed by atoms with Crippen molar-refractivity contribution in [2.75, 3.05) is 44.7 Å². The summed E-state index contributed by atoms with van der Waals surface area (Å²) >= 11 is 0. The summed E-state index contributed by atoms with van der Waals surface area (Å²) in [7, 11) is 0. The molecule has 2 heterocycles. The lowest BCUT2D eigenvalue weighted by Crippen LogP contribution is -2.41. The Bertz CT molecular complexity index is 695. The Labute approximate surface area is 154 Å². The number of benzene rings is 1. The Morgan fingerprint density at radius 2 is 1.85 bits per heavy atom. The zero-order valence-electron chi connectivity index (χ0n) is 15.2. The number of nitrogens with one attached hydrogen (secondary N) is 2. The number of aromatic nitrogens is 1. The first-order valence-corrected chi connectivity index (χ1v) is 9.15. The summed E-state index contributed by atoms with van der Waals surface area (Å²) in [6, 6.07) is 11.9. The highest BCUT2D eigenvalue weighted by molar-refractivity contribution is 5.92. The third-order valence-corrected chi connectivity index (χ3v) is 4.46. The minimum atomic E-state index is -0.142. The first kappa shape index (κ1) is 18.4. The second-order valence-electron chi connectivity index (χ2n) is 6.32. The number of carbonyl (C=O) groups excluding carboxylic acids is 1. The Kier molecular flexibility index (Phi) is 6.57. The van der Waals surface area contributed by atoms with Gasteiger partial charge in [0.25, 0.3) is 5.91 Å². The smallest absolute Gasteiger partial charge is 0.269 e. The zero-order valence-corrected chi connectivity index (χ0v) is 15.2. The topological polar surface area (TPSA) is 66.5 Å². The highest BCUT2D eigenvalue weighted by Gasteiger charge is 2.11. The fraction of sp³-hybridized carbons (Fsp3) is 0.400. The Morgan fingerprint density at radius 3 is 2.50 bits per heavy atom. The fourth-order valence-corrected chi connectivity index (χ4v) is 2.84. The number of nitrogens with zero attached hydrogens (tertiary/aromatic N) is 2. The Hall–Kier alpha value is -2.44. The summed E-state index contributed by atoms with van der Waals surface area (Å²) in [4.78, 5) is 18.7. The van der Waals surface area contributed by atoms with Gasteiger partial charge in [0.05, 0.1) is 25.1 Å². The molecular weight excluding hydrogens is 328 g/mol. The van der Waals surface area contributed by atoms with Crippen molar-refractivity contribution in [3.05, 3.63) is 53.9 Å². The molecule has 1 fully saturated rings. The van der Waals surface area contributed by atoms with Crippen LogP contribution in [0.2, 0.25) is 0 Å². The number of ether oxygens (including phenoxy) is 1. The van der Waals surface area contributed by atoms with Gasteiger partial charge in [-0.15, -0.1) is 0 Å². The van der Waals surface area contributed by atoms with Gasteiger partial charge in [-0.05, 0) is 36.2 Å². The molecule has 0 atom stereocenters. The third kappa shape index (κ3) is 5.28. The van der Waals surface area contributed by atoms with Crippen molar-refractivity contribution in [1.29, 1.82) is 0 Å². The summed E-state index contributed by atoms with van der Waals surface area (Å²) < 4.78 is 5.32. The minimum Gasteiger partial charge on any atom is -0.379 e. The average molecular weight is 354 g/mol. The van der Waals surface area contributed by atoms with E-state index in [1.54, 1.807) is 12.3 Å². The number of morpholine rings is 1. The predicted octanol–water partition coefficient (Wildman–Crippen LogP) is 2.45. The van der Waals surface area contributed by atoms with Gasteiger partial charge in [-0.2, -0.15) is 0 Å². The highest BCUT2D eigenvalue weighted by atomic mass is 16.5. The molecule has 2 N–H and O–H groups in total. The highest BCUT2D eigenvalue weighted by Crippen LogP contribution is 2.16. The van der Waals surface area contributed by atoms with Gasteiger partial charge >= 0.3 is 0 Å². The van der Waals surface area contributed by atoms with E-state index in [-0.39, 0.29) is 5.91 Å². The summed E-state index contributed by atoms with van der Waals surface area (Å²) in [5, 5.41) is 6.22. The Balaban J connectivity index is 1.47. The maximum Gasteiger partial charge on any atom is 0.269 e. The van der Waals surface area contributed by atoms with Crippen molar-refractivity contribution < 1.29 is 9.53 Å². The molecule has 6 heteroatoms. The van der Waals surface area contributed by atoms with Gasteiger partial charge in [-0.1, -0.05) is 19.1 Å². The van der Waals surface area contributed by atoms with Crippen LogP contribution in [0, 0.1) is 0 Å². The molecule has 1 amide bonds. The fourth-order valence-electron chi connectivity index (χ4n) is 2.84. The van der Waals surface area contributed by atoms with E-state index in [0.717, 1.165) is 50.6 Å². The van der Waals surface area contributed by atoms with Gasteiger partial charge in [0.2, 0.25) is 0 Å². The molecule has 1 aliphatic rings. The number of hydrogen-bond acceptors (Lipinski definition) is 5. The van der Waals surface area contributed by atoms with Gasteiger partial charge < -0.3 is 15.4 Å². The van der Waals surface area contributed by atoms with E-state index in [1.807, 2.05) is 18.2 Å². The standard InChI is InChI=1S/C20H26N4O2/c1-2-16-3-5-17(6-4-16)23-18-7-8-19(22-15-18)20(25)21-9-10-24-11-13-26-14-12-24/h3-8,15,23H,2,9-14H2,1H3,(H,21,25). The molecule has 0 aliphatic carbocycles. The van der Waals surface area contributed by atoms with Crippen LogP contribution in [0.4, 0.5) is 11.4 Å². The summed E-state index contributed by atoms with van der Waals surface area (Å²) in [5.74, 6) is -0.142. The monoisotopic (exact) mass is 354 g/mol. The van der Waals surface area contributed by atoms with E-state index >= 15 is 0 Å². The molecule has 0 spiro atoms. The molecule has 0 radical (unpaired) electrons. The van der Waals surface area contributed by atoms with E-state index in [0.29, 0.717) is 12.2 Å². The summed E-state index contributed by atoms with van der Waals surface area (Å²) in [5.41, 5.74) is 3.60. The van der Waals surface area contributed by atoms with Crippen LogP contribution >= 0.6 is 0 Å². The molecule has 6 nitrogen and oxygen atoms in total. The van der Waals surface area contributed by atoms with E-state index in [4.69, 9.17) is 4.74 Å². The number of aryl methyl sites for hydroxylation is 1. The number of pyridine rings is 1. The van der Waals surface area contributed by atoms with E-state index < -0.39 is 0 Å². The minimum absolute atomic E-state index is 0.142. The zero-order chi connectivity index (χ0) is 18.2. The first-order valence-electron chi connectivity index (χ1n) is 9.15. The molecule has 1 aliphatic heterocycles. The average Bonchev–Trinajstić information content (AvgIpc) is 2.70. The van der Waals surface area contributed by atoms with Crippen molar-refractivity contribution >= 4 is 17.3 Å². The van der Waals surface area contributed by atoms with Gasteiger partial charge in [0.15, 0.2) is 0 Å². The SMILES string of the molecule is CCc1ccc(Nc2ccc(C(=O)NCCN3CCOCC3)nc2)cc1. The summed E-state index contributed by atoms with van der Waals surface area (Å²) in [6.45, 7) is 6.97. The van der Waals surface area contributed by atoms with Crippen LogP contribution < -0.4 is 10.6 Å². The van der Waals surface area contributed by atoms with E-state index in [1.165, 1.54) is 5.56 Å². The maximum absolute atomic E-state index is 12.2. The van der Waals surface area contributed by atoms with E-state index in [2.05, 4.69) is 39.6 Å². The molecule has 2 aromatic rings. The van der Waals surface area contributed by atoms with Crippen molar-refractivity contribution in [1.82, 2.24) is 15.2 Å². The van der Waals surface area contributed by atoms with Crippen LogP contribution in [-0.4, -0.2) is 55.2 Å². The van der Waals surface area contributed by atoms with Gasteiger partial charge in [0.1, 0.15) is 5.69 Å². The second kappa shape index (κ2) is 9.31. The molecule has 1 aromatic carbocycles. The van der Waals surface area contributed by atoms with Crippen LogP contribution in [-0.2, 0) is 11.2 Å². The van der Waals surface area contributed by atoms with E-state index in [9.17, 15) is 4.79 Å². The van der Waals surface area contributed by atoms with Crippen LogP contribution in [0.15, 0.2) is 42.6 Å². The molecule has 3 rings (SSSR count). The Morgan fingerprint density at radius 1 is 1.12 bits per heavy atom. The normalized spacial score (nSPS) is 14.8. The predicted molar refractivity (Wildman–Crippen MR) is 103 cm³/mol. The first-order chi connectivity index (χ1) is 12.7. The number of amides is 1. The molecule has 26 heavy (non-hydrogen) atoms. The molecule has 1 aromatic heterocycles. The number of rotatable bonds is 7. The third-order valence-electron chi connectivity index (χ3n) is 4.46. The molecule has 0 saturated carbocycles. The van der Waals surface area contributed by atoms with Crippen molar-refractivity contribution in [3.8, 4) is 0 Å². The number of anilines is 2. The molecule has 0 bridgehead atoms. The molecule has 0 unspecified atom stereocenters. The van der Waals surface area contributed by atoms with Crippen LogP contribution in [0.1, 0.15) is 23.0 Å². The molecule has 1 saturated heterocycles. The second-order valence-corrected chi connectivity index (χ2v) is 6.32. The van der Waals surface area contributed by atoms with Crippen molar-refractivity contribution in [2.45, 2.75) is 13.3 Å². The lowest BCUT2D eigenvalue weighted by atomic mass is 10.1. The maximum atomic E-state index is 12.2. The van der Waals surface area contributed by atoms with Crippen LogP contribution in [0.5, 0.6) is 0 Å².